The highest BCUT2D eigenvalue weighted by atomic mass is 127. The van der Waals surface area contributed by atoms with Gasteiger partial charge in [0.15, 0.2) is 0 Å². The first-order valence-electron chi connectivity index (χ1n) is 10.7. The second-order valence-corrected chi connectivity index (χ2v) is 9.06. The Labute approximate surface area is 205 Å². The monoisotopic (exact) mass is 557 g/mol. The molecule has 1 unspecified atom stereocenters. The van der Waals surface area contributed by atoms with E-state index in [1.165, 1.54) is 6.33 Å². The minimum Gasteiger partial charge on any atom is -0.497 e. The number of benzene rings is 2. The van der Waals surface area contributed by atoms with Crippen molar-refractivity contribution >= 4 is 45.5 Å². The average Bonchev–Trinajstić information content (AvgIpc) is 3.23. The molecule has 8 heteroatoms. The van der Waals surface area contributed by atoms with Crippen LogP contribution in [0.25, 0.3) is 33.6 Å². The van der Waals surface area contributed by atoms with Gasteiger partial charge in [0, 0.05) is 17.5 Å². The lowest BCUT2D eigenvalue weighted by atomic mass is 9.99. The highest BCUT2D eigenvalue weighted by molar-refractivity contribution is 14.1. The number of nitrogens with one attached hydrogen (secondary N) is 1. The fourth-order valence-electron chi connectivity index (χ4n) is 3.69. The average molecular weight is 557 g/mol. The number of aliphatic carboxylic acids is 1. The van der Waals surface area contributed by atoms with Crippen molar-refractivity contribution in [3.8, 4) is 28.2 Å². The zero-order valence-electron chi connectivity index (χ0n) is 18.1. The lowest BCUT2D eigenvalue weighted by molar-refractivity contribution is -0.137. The number of unbranched alkanes of at least 4 members (excludes halogenated alkanes) is 1. The quantitative estimate of drug-likeness (QED) is 0.101. The predicted molar refractivity (Wildman–Crippen MR) is 137 cm³/mol. The van der Waals surface area contributed by atoms with Crippen molar-refractivity contribution in [1.82, 2.24) is 9.97 Å². The molecular formula is C25H24IN3O4. The van der Waals surface area contributed by atoms with Gasteiger partial charge in [-0.15, -0.1) is 0 Å². The molecule has 33 heavy (non-hydrogen) atoms. The normalized spacial score (nSPS) is 11.9. The number of anilines is 1. The molecule has 2 aromatic heterocycles. The van der Waals surface area contributed by atoms with E-state index in [9.17, 15) is 4.79 Å². The molecule has 0 saturated carbocycles. The number of fused-ring (bicyclic) bond motifs is 1. The molecule has 1 atom stereocenters. The van der Waals surface area contributed by atoms with Crippen LogP contribution in [0, 0.1) is 0 Å². The van der Waals surface area contributed by atoms with Crippen LogP contribution in [0.5, 0.6) is 5.75 Å². The fraction of sp³-hybridized carbons (Fsp3) is 0.240. The van der Waals surface area contributed by atoms with Crippen LogP contribution < -0.4 is 10.1 Å². The summed E-state index contributed by atoms with van der Waals surface area (Å²) in [6.45, 7) is 0. The summed E-state index contributed by atoms with van der Waals surface area (Å²) in [4.78, 5) is 19.7. The number of carboxylic acids is 1. The van der Waals surface area contributed by atoms with Crippen molar-refractivity contribution in [2.24, 2.45) is 0 Å². The minimum atomic E-state index is -0.763. The van der Waals surface area contributed by atoms with E-state index in [1.54, 1.807) is 7.11 Å². The Kier molecular flexibility index (Phi) is 7.43. The molecule has 0 spiro atoms. The Morgan fingerprint density at radius 2 is 1.85 bits per heavy atom. The molecule has 170 valence electrons. The Bertz CT molecular complexity index is 1230. The molecule has 4 rings (SSSR count). The van der Waals surface area contributed by atoms with Gasteiger partial charge >= 0.3 is 5.97 Å². The van der Waals surface area contributed by atoms with Crippen molar-refractivity contribution in [2.75, 3.05) is 12.4 Å². The molecule has 2 heterocycles. The molecule has 0 saturated heterocycles. The van der Waals surface area contributed by atoms with Gasteiger partial charge in [-0.3, -0.25) is 4.79 Å². The van der Waals surface area contributed by atoms with Crippen LogP contribution in [-0.4, -0.2) is 32.2 Å². The third-order valence-electron chi connectivity index (χ3n) is 5.29. The molecule has 4 aromatic rings. The Hall–Kier alpha value is -3.14. The fourth-order valence-corrected chi connectivity index (χ4v) is 4.42. The van der Waals surface area contributed by atoms with E-state index in [4.69, 9.17) is 14.3 Å². The van der Waals surface area contributed by atoms with Crippen LogP contribution in [0.2, 0.25) is 0 Å². The number of alkyl halides is 1. The molecule has 0 aliphatic heterocycles. The van der Waals surface area contributed by atoms with Crippen molar-refractivity contribution in [3.63, 3.8) is 0 Å². The first kappa shape index (κ1) is 23.0. The van der Waals surface area contributed by atoms with Crippen molar-refractivity contribution in [1.29, 1.82) is 0 Å². The van der Waals surface area contributed by atoms with Gasteiger partial charge in [0.25, 0.3) is 0 Å². The van der Waals surface area contributed by atoms with Gasteiger partial charge in [0.05, 0.1) is 16.5 Å². The van der Waals surface area contributed by atoms with Crippen molar-refractivity contribution in [2.45, 2.75) is 29.7 Å². The topological polar surface area (TPSA) is 97.5 Å². The molecule has 0 amide bonds. The van der Waals surface area contributed by atoms with Gasteiger partial charge in [-0.25, -0.2) is 9.97 Å². The van der Waals surface area contributed by atoms with Gasteiger partial charge in [0.1, 0.15) is 23.7 Å². The lowest BCUT2D eigenvalue weighted by Gasteiger charge is -2.14. The van der Waals surface area contributed by atoms with Crippen molar-refractivity contribution in [3.05, 3.63) is 60.9 Å². The number of aromatic nitrogens is 2. The van der Waals surface area contributed by atoms with Gasteiger partial charge in [-0.05, 0) is 30.5 Å². The molecule has 2 N–H and O–H groups in total. The standard InChI is InChI=1S/C25H24IN3O4/c1-32-18-13-11-16(12-14-18)21-22-24(29-19(26)9-5-6-10-20(30)31)27-15-28-25(22)33-23(21)17-7-3-2-4-8-17/h2-4,7-8,11-15,19H,5-6,9-10H2,1H3,(H,30,31)(H,27,28,29). The number of hydrogen-bond donors (Lipinski definition) is 2. The number of methoxy groups -OCH3 is 1. The number of ether oxygens (including phenoxy) is 1. The minimum absolute atomic E-state index is 0.0771. The second kappa shape index (κ2) is 10.7. The molecule has 0 aliphatic rings. The van der Waals surface area contributed by atoms with E-state index in [-0.39, 0.29) is 10.5 Å². The summed E-state index contributed by atoms with van der Waals surface area (Å²) < 4.78 is 11.7. The van der Waals surface area contributed by atoms with Gasteiger partial charge < -0.3 is 19.6 Å². The van der Waals surface area contributed by atoms with E-state index in [0.717, 1.165) is 46.4 Å². The van der Waals surface area contributed by atoms with Crippen LogP contribution >= 0.6 is 22.6 Å². The Balaban J connectivity index is 1.74. The number of rotatable bonds is 10. The summed E-state index contributed by atoms with van der Waals surface area (Å²) in [5, 5.41) is 13.1. The third-order valence-corrected chi connectivity index (χ3v) is 6.23. The Morgan fingerprint density at radius 3 is 2.55 bits per heavy atom. The second-order valence-electron chi connectivity index (χ2n) is 7.55. The van der Waals surface area contributed by atoms with E-state index in [1.807, 2.05) is 54.6 Å². The zero-order chi connectivity index (χ0) is 23.2. The summed E-state index contributed by atoms with van der Waals surface area (Å²) in [7, 11) is 1.64. The molecule has 0 radical (unpaired) electrons. The molecule has 7 nitrogen and oxygen atoms in total. The number of nitrogens with zero attached hydrogens (tertiary/aromatic N) is 2. The highest BCUT2D eigenvalue weighted by Crippen LogP contribution is 2.43. The molecule has 0 aliphatic carbocycles. The van der Waals surface area contributed by atoms with Crippen LogP contribution in [0.15, 0.2) is 65.3 Å². The first-order chi connectivity index (χ1) is 16.1. The SMILES string of the molecule is COc1ccc(-c2c(-c3ccccc3)oc3ncnc(NC(I)CCCCC(=O)O)c23)cc1. The number of carbonyl (C=O) groups is 1. The Morgan fingerprint density at radius 1 is 1.09 bits per heavy atom. The highest BCUT2D eigenvalue weighted by Gasteiger charge is 2.23. The maximum Gasteiger partial charge on any atom is 0.303 e. The van der Waals surface area contributed by atoms with E-state index < -0.39 is 5.97 Å². The third kappa shape index (κ3) is 5.44. The summed E-state index contributed by atoms with van der Waals surface area (Å²) in [6, 6.07) is 17.8. The van der Waals surface area contributed by atoms with Crippen molar-refractivity contribution < 1.29 is 19.1 Å². The molecule has 2 aromatic carbocycles. The number of furan rings is 1. The van der Waals surface area contributed by atoms with E-state index >= 15 is 0 Å². The number of carboxylic acid groups (broad SMARTS) is 1. The van der Waals surface area contributed by atoms with E-state index in [0.29, 0.717) is 18.0 Å². The summed E-state index contributed by atoms with van der Waals surface area (Å²) in [6.07, 6.45) is 3.96. The number of hydrogen-bond acceptors (Lipinski definition) is 6. The summed E-state index contributed by atoms with van der Waals surface area (Å²) in [5.74, 6) is 1.43. The summed E-state index contributed by atoms with van der Waals surface area (Å²) >= 11 is 2.32. The summed E-state index contributed by atoms with van der Waals surface area (Å²) in [5.41, 5.74) is 3.34. The maximum atomic E-state index is 10.8. The first-order valence-corrected chi connectivity index (χ1v) is 11.9. The smallest absolute Gasteiger partial charge is 0.303 e. The van der Waals surface area contributed by atoms with Gasteiger partial charge in [0.2, 0.25) is 5.71 Å². The van der Waals surface area contributed by atoms with Crippen LogP contribution in [0.1, 0.15) is 25.7 Å². The maximum absolute atomic E-state index is 10.8. The van der Waals surface area contributed by atoms with Crippen LogP contribution in [0.3, 0.4) is 0 Å². The lowest BCUT2D eigenvalue weighted by Crippen LogP contribution is -2.13. The molecule has 0 bridgehead atoms. The van der Waals surface area contributed by atoms with E-state index in [2.05, 4.69) is 37.9 Å². The van der Waals surface area contributed by atoms with Crippen LogP contribution in [0.4, 0.5) is 5.82 Å². The number of halogens is 1. The predicted octanol–water partition coefficient (Wildman–Crippen LogP) is 6.38. The molecule has 0 fully saturated rings. The van der Waals surface area contributed by atoms with Crippen LogP contribution in [-0.2, 0) is 4.79 Å². The zero-order valence-corrected chi connectivity index (χ0v) is 20.3. The largest absolute Gasteiger partial charge is 0.497 e. The molecular weight excluding hydrogens is 533 g/mol. The van der Waals surface area contributed by atoms with Gasteiger partial charge in [-0.2, -0.15) is 0 Å². The van der Waals surface area contributed by atoms with Gasteiger partial charge in [-0.1, -0.05) is 71.5 Å².